The number of H-pyrrole nitrogens is 1. The Morgan fingerprint density at radius 1 is 1.11 bits per heavy atom. The van der Waals surface area contributed by atoms with Crippen LogP contribution in [-0.2, 0) is 11.2 Å². The number of benzene rings is 2. The van der Waals surface area contributed by atoms with Crippen LogP contribution in [0.5, 0.6) is 0 Å². The van der Waals surface area contributed by atoms with Crippen molar-refractivity contribution in [3.8, 4) is 0 Å². The van der Waals surface area contributed by atoms with Crippen molar-refractivity contribution in [2.75, 3.05) is 0 Å². The van der Waals surface area contributed by atoms with E-state index in [1.54, 1.807) is 36.4 Å². The Morgan fingerprint density at radius 2 is 1.78 bits per heavy atom. The zero-order valence-corrected chi connectivity index (χ0v) is 14.3. The molecule has 0 spiro atoms. The predicted molar refractivity (Wildman–Crippen MR) is 107 cm³/mol. The molecule has 1 atom stereocenters. The third-order valence-electron chi connectivity index (χ3n) is 3.97. The summed E-state index contributed by atoms with van der Waals surface area (Å²) in [5, 5.41) is 13.2. The zero-order chi connectivity index (χ0) is 18.7. The number of rotatable bonds is 5. The van der Waals surface area contributed by atoms with Gasteiger partial charge < -0.3 is 15.4 Å². The van der Waals surface area contributed by atoms with Crippen molar-refractivity contribution >= 4 is 72.1 Å². The molecule has 1 amide bonds. The van der Waals surface area contributed by atoms with Crippen LogP contribution in [0.15, 0.2) is 59.4 Å². The van der Waals surface area contributed by atoms with Crippen LogP contribution >= 0.6 is 11.6 Å². The van der Waals surface area contributed by atoms with Gasteiger partial charge in [-0.2, -0.15) is 0 Å². The van der Waals surface area contributed by atoms with Crippen LogP contribution in [0.25, 0.3) is 10.9 Å². The zero-order valence-electron chi connectivity index (χ0n) is 13.5. The molecule has 0 aliphatic rings. The van der Waals surface area contributed by atoms with Gasteiger partial charge in [0.1, 0.15) is 6.04 Å². The topological polar surface area (TPSA) is 99.3 Å². The van der Waals surface area contributed by atoms with Crippen molar-refractivity contribution in [3.63, 3.8) is 0 Å². The molecule has 3 aromatic rings. The molecule has 6 nitrogen and oxygen atoms in total. The van der Waals surface area contributed by atoms with E-state index in [1.807, 2.05) is 0 Å². The van der Waals surface area contributed by atoms with Crippen molar-refractivity contribution < 1.29 is 14.7 Å². The summed E-state index contributed by atoms with van der Waals surface area (Å²) in [6, 6.07) is 13.4. The van der Waals surface area contributed by atoms with E-state index in [1.165, 1.54) is 18.2 Å². The monoisotopic (exact) mass is 412 g/mol. The van der Waals surface area contributed by atoms with Crippen molar-refractivity contribution in [1.29, 1.82) is 0 Å². The van der Waals surface area contributed by atoms with Crippen LogP contribution in [0.4, 0.5) is 0 Å². The standard InChI is InChI=1S/C19H15ClN2O4.Ca.2H/c20-13-7-5-11(6-8-13)18(24)22-16(19(25)26)9-12-10-17(23)21-15-4-2-1-3-14(12)15;;;/h1-8,10,16H,9H2,(H,21,23)(H,22,24)(H,25,26);;;. The fraction of sp³-hybridized carbons (Fsp3) is 0.105. The number of fused-ring (bicyclic) bond motifs is 1. The molecule has 0 fully saturated rings. The van der Waals surface area contributed by atoms with E-state index in [0.717, 1.165) is 5.39 Å². The molecule has 1 aromatic heterocycles. The fourth-order valence-corrected chi connectivity index (χ4v) is 2.83. The summed E-state index contributed by atoms with van der Waals surface area (Å²) >= 11 is 5.79. The Labute approximate surface area is 189 Å². The summed E-state index contributed by atoms with van der Waals surface area (Å²) in [5.41, 5.74) is 1.14. The first-order valence-electron chi connectivity index (χ1n) is 7.84. The number of carbonyl (C=O) groups excluding carboxylic acids is 1. The maximum absolute atomic E-state index is 12.3. The summed E-state index contributed by atoms with van der Waals surface area (Å²) in [5.74, 6) is -1.71. The summed E-state index contributed by atoms with van der Waals surface area (Å²) in [7, 11) is 0. The number of para-hydroxylation sites is 1. The van der Waals surface area contributed by atoms with Gasteiger partial charge in [-0.1, -0.05) is 29.8 Å². The Bertz CT molecular complexity index is 1030. The van der Waals surface area contributed by atoms with Crippen LogP contribution in [0.3, 0.4) is 0 Å². The van der Waals surface area contributed by atoms with Gasteiger partial charge in [0.05, 0.1) is 0 Å². The number of nitrogens with one attached hydrogen (secondary N) is 2. The maximum atomic E-state index is 12.3. The number of amides is 1. The van der Waals surface area contributed by atoms with Gasteiger partial charge in [-0.15, -0.1) is 0 Å². The van der Waals surface area contributed by atoms with Crippen molar-refractivity contribution in [2.45, 2.75) is 12.5 Å². The molecule has 8 heteroatoms. The second kappa shape index (κ2) is 9.37. The molecule has 1 unspecified atom stereocenters. The SMILES string of the molecule is O=C(NC(Cc1cc(=O)[nH]c2ccccc12)C(=O)O)c1ccc(Cl)cc1.[CaH2]. The van der Waals surface area contributed by atoms with Gasteiger partial charge in [0.2, 0.25) is 5.56 Å². The van der Waals surface area contributed by atoms with E-state index in [-0.39, 0.29) is 49.7 Å². The number of hydrogen-bond donors (Lipinski definition) is 3. The second-order valence-electron chi connectivity index (χ2n) is 5.78. The van der Waals surface area contributed by atoms with E-state index in [9.17, 15) is 19.5 Å². The number of aromatic amines is 1. The predicted octanol–water partition coefficient (Wildman–Crippen LogP) is 1.69. The van der Waals surface area contributed by atoms with E-state index in [4.69, 9.17) is 11.6 Å². The van der Waals surface area contributed by atoms with Gasteiger partial charge in [0, 0.05) is 34.0 Å². The number of hydrogen-bond acceptors (Lipinski definition) is 3. The minimum absolute atomic E-state index is 0. The molecule has 0 bridgehead atoms. The summed E-state index contributed by atoms with van der Waals surface area (Å²) < 4.78 is 0. The van der Waals surface area contributed by atoms with E-state index < -0.39 is 17.9 Å². The Kier molecular flexibility index (Phi) is 7.44. The molecule has 0 aliphatic heterocycles. The molecule has 0 saturated carbocycles. The molecule has 0 aliphatic carbocycles. The van der Waals surface area contributed by atoms with Crippen LogP contribution in [-0.4, -0.2) is 65.7 Å². The first kappa shape index (κ1) is 21.4. The molecule has 2 aromatic carbocycles. The molecule has 136 valence electrons. The molecule has 0 radical (unpaired) electrons. The van der Waals surface area contributed by atoms with Crippen molar-refractivity contribution in [1.82, 2.24) is 10.3 Å². The van der Waals surface area contributed by atoms with Gasteiger partial charge >= 0.3 is 43.7 Å². The number of carboxylic acids is 1. The second-order valence-corrected chi connectivity index (χ2v) is 6.22. The van der Waals surface area contributed by atoms with E-state index in [2.05, 4.69) is 10.3 Å². The van der Waals surface area contributed by atoms with Gasteiger partial charge in [-0.25, -0.2) is 4.79 Å². The summed E-state index contributed by atoms with van der Waals surface area (Å²) in [4.78, 5) is 38.5. The summed E-state index contributed by atoms with van der Waals surface area (Å²) in [6.45, 7) is 0. The van der Waals surface area contributed by atoms with Crippen molar-refractivity contribution in [2.24, 2.45) is 0 Å². The Hall–Kier alpha value is -1.86. The Morgan fingerprint density at radius 3 is 2.44 bits per heavy atom. The third-order valence-corrected chi connectivity index (χ3v) is 4.22. The average Bonchev–Trinajstić information content (AvgIpc) is 2.61. The number of carboxylic acid groups (broad SMARTS) is 1. The number of aromatic nitrogens is 1. The van der Waals surface area contributed by atoms with Crippen LogP contribution in [0.2, 0.25) is 5.02 Å². The normalized spacial score (nSPS) is 11.4. The number of carbonyl (C=O) groups is 2. The third kappa shape index (κ3) is 5.32. The number of pyridine rings is 1. The molecule has 3 rings (SSSR count). The van der Waals surface area contributed by atoms with Gasteiger partial charge in [0.15, 0.2) is 0 Å². The fourth-order valence-electron chi connectivity index (χ4n) is 2.71. The summed E-state index contributed by atoms with van der Waals surface area (Å²) in [6.07, 6.45) is -0.0148. The first-order chi connectivity index (χ1) is 12.4. The van der Waals surface area contributed by atoms with E-state index in [0.29, 0.717) is 21.7 Å². The average molecular weight is 413 g/mol. The van der Waals surface area contributed by atoms with Gasteiger partial charge in [-0.3, -0.25) is 9.59 Å². The van der Waals surface area contributed by atoms with Crippen LogP contribution in [0.1, 0.15) is 15.9 Å². The molecular weight excluding hydrogens is 396 g/mol. The number of halogens is 1. The molecule has 3 N–H and O–H groups in total. The molecular formula is C19H17CaClN2O4. The molecule has 27 heavy (non-hydrogen) atoms. The van der Waals surface area contributed by atoms with Gasteiger partial charge in [-0.05, 0) is 35.9 Å². The molecule has 0 saturated heterocycles. The van der Waals surface area contributed by atoms with Crippen LogP contribution in [0, 0.1) is 0 Å². The Balaban J connectivity index is 0.00000261. The van der Waals surface area contributed by atoms with Crippen LogP contribution < -0.4 is 10.9 Å². The number of aliphatic carboxylic acids is 1. The van der Waals surface area contributed by atoms with Gasteiger partial charge in [0.25, 0.3) is 5.91 Å². The quantitative estimate of drug-likeness (QED) is 0.555. The van der Waals surface area contributed by atoms with E-state index >= 15 is 0 Å². The van der Waals surface area contributed by atoms with Crippen molar-refractivity contribution in [3.05, 3.63) is 81.1 Å². The first-order valence-corrected chi connectivity index (χ1v) is 8.22. The minimum atomic E-state index is -1.18. The molecule has 1 heterocycles.